The SMILES string of the molecule is O=C(NCc1ccccn1)c1ccccc1SCc1cccs1. The fourth-order valence-corrected chi connectivity index (χ4v) is 3.92. The molecule has 3 aromatic rings. The van der Waals surface area contributed by atoms with Crippen LogP contribution in [0.25, 0.3) is 0 Å². The highest BCUT2D eigenvalue weighted by atomic mass is 32.2. The Morgan fingerprint density at radius 2 is 1.96 bits per heavy atom. The van der Waals surface area contributed by atoms with Gasteiger partial charge in [-0.1, -0.05) is 24.3 Å². The van der Waals surface area contributed by atoms with Gasteiger partial charge in [-0.05, 0) is 35.7 Å². The van der Waals surface area contributed by atoms with Gasteiger partial charge in [0.1, 0.15) is 0 Å². The molecule has 0 bridgehead atoms. The van der Waals surface area contributed by atoms with Gasteiger partial charge in [0.05, 0.1) is 17.8 Å². The van der Waals surface area contributed by atoms with E-state index in [2.05, 4.69) is 21.7 Å². The minimum Gasteiger partial charge on any atom is -0.346 e. The number of benzene rings is 1. The van der Waals surface area contributed by atoms with Crippen molar-refractivity contribution in [1.82, 2.24) is 10.3 Å². The molecule has 2 aromatic heterocycles. The Balaban J connectivity index is 1.65. The summed E-state index contributed by atoms with van der Waals surface area (Å²) in [7, 11) is 0. The zero-order chi connectivity index (χ0) is 15.9. The summed E-state index contributed by atoms with van der Waals surface area (Å²) in [6.45, 7) is 0.434. The van der Waals surface area contributed by atoms with Gasteiger partial charge < -0.3 is 5.32 Å². The Hall–Kier alpha value is -2.11. The van der Waals surface area contributed by atoms with Crippen LogP contribution in [0.3, 0.4) is 0 Å². The van der Waals surface area contributed by atoms with Crippen molar-refractivity contribution < 1.29 is 4.79 Å². The smallest absolute Gasteiger partial charge is 0.252 e. The summed E-state index contributed by atoms with van der Waals surface area (Å²) >= 11 is 3.42. The van der Waals surface area contributed by atoms with Crippen LogP contribution in [0.15, 0.2) is 71.1 Å². The van der Waals surface area contributed by atoms with Crippen molar-refractivity contribution in [2.75, 3.05) is 0 Å². The summed E-state index contributed by atoms with van der Waals surface area (Å²) in [5.41, 5.74) is 1.56. The number of pyridine rings is 1. The van der Waals surface area contributed by atoms with E-state index in [0.717, 1.165) is 16.3 Å². The summed E-state index contributed by atoms with van der Waals surface area (Å²) in [4.78, 5) is 19.0. The Morgan fingerprint density at radius 3 is 2.74 bits per heavy atom. The lowest BCUT2D eigenvalue weighted by molar-refractivity contribution is 0.0947. The second-order valence-electron chi connectivity index (χ2n) is 4.87. The van der Waals surface area contributed by atoms with Gasteiger partial charge in [-0.3, -0.25) is 9.78 Å². The lowest BCUT2D eigenvalue weighted by Crippen LogP contribution is -2.23. The standard InChI is InChI=1S/C18H16N2OS2/c21-18(20-12-14-6-3-4-10-19-14)16-8-1-2-9-17(16)23-13-15-7-5-11-22-15/h1-11H,12-13H2,(H,20,21). The molecule has 0 aliphatic carbocycles. The van der Waals surface area contributed by atoms with Gasteiger partial charge >= 0.3 is 0 Å². The highest BCUT2D eigenvalue weighted by Crippen LogP contribution is 2.27. The zero-order valence-corrected chi connectivity index (χ0v) is 14.1. The minimum absolute atomic E-state index is 0.0649. The van der Waals surface area contributed by atoms with Crippen LogP contribution in [0.1, 0.15) is 20.9 Å². The third-order valence-corrected chi connectivity index (χ3v) is 5.42. The predicted octanol–water partition coefficient (Wildman–Crippen LogP) is 4.37. The maximum Gasteiger partial charge on any atom is 0.252 e. The minimum atomic E-state index is -0.0649. The molecule has 0 spiro atoms. The van der Waals surface area contributed by atoms with Crippen molar-refractivity contribution in [3.63, 3.8) is 0 Å². The Labute approximate surface area is 143 Å². The fourth-order valence-electron chi connectivity index (χ4n) is 2.09. The number of carbonyl (C=O) groups is 1. The number of nitrogens with zero attached hydrogens (tertiary/aromatic N) is 1. The van der Waals surface area contributed by atoms with E-state index in [1.54, 1.807) is 29.3 Å². The van der Waals surface area contributed by atoms with Crippen molar-refractivity contribution in [3.8, 4) is 0 Å². The molecule has 0 saturated heterocycles. The fraction of sp³-hybridized carbons (Fsp3) is 0.111. The molecular formula is C18H16N2OS2. The van der Waals surface area contributed by atoms with Crippen LogP contribution in [-0.2, 0) is 12.3 Å². The molecule has 0 radical (unpaired) electrons. The summed E-state index contributed by atoms with van der Waals surface area (Å²) in [6, 6.07) is 17.6. The van der Waals surface area contributed by atoms with E-state index in [1.165, 1.54) is 4.88 Å². The Morgan fingerprint density at radius 1 is 1.09 bits per heavy atom. The molecular weight excluding hydrogens is 324 g/mol. The van der Waals surface area contributed by atoms with Gasteiger partial charge in [0, 0.05) is 21.7 Å². The number of carbonyl (C=O) groups excluding carboxylic acids is 1. The Kier molecular flexibility index (Phi) is 5.45. The van der Waals surface area contributed by atoms with Crippen molar-refractivity contribution in [2.24, 2.45) is 0 Å². The van der Waals surface area contributed by atoms with E-state index in [9.17, 15) is 4.79 Å². The van der Waals surface area contributed by atoms with Gasteiger partial charge in [-0.25, -0.2) is 0 Å². The maximum atomic E-state index is 12.5. The first kappa shape index (κ1) is 15.8. The van der Waals surface area contributed by atoms with Crippen molar-refractivity contribution >= 4 is 29.0 Å². The van der Waals surface area contributed by atoms with Crippen LogP contribution in [0.2, 0.25) is 0 Å². The van der Waals surface area contributed by atoms with Crippen molar-refractivity contribution in [3.05, 3.63) is 82.3 Å². The molecule has 1 aromatic carbocycles. The molecule has 3 nitrogen and oxygen atoms in total. The monoisotopic (exact) mass is 340 g/mol. The van der Waals surface area contributed by atoms with Gasteiger partial charge in [-0.15, -0.1) is 23.1 Å². The molecule has 0 fully saturated rings. The molecule has 0 saturated carbocycles. The molecule has 1 amide bonds. The number of aromatic nitrogens is 1. The van der Waals surface area contributed by atoms with Crippen LogP contribution in [-0.4, -0.2) is 10.9 Å². The number of nitrogens with one attached hydrogen (secondary N) is 1. The number of thiophene rings is 1. The van der Waals surface area contributed by atoms with Gasteiger partial charge in [0.25, 0.3) is 5.91 Å². The van der Waals surface area contributed by atoms with Crippen molar-refractivity contribution in [1.29, 1.82) is 0 Å². The number of thioether (sulfide) groups is 1. The summed E-state index contributed by atoms with van der Waals surface area (Å²) < 4.78 is 0. The topological polar surface area (TPSA) is 42.0 Å². The average Bonchev–Trinajstić information content (AvgIpc) is 3.12. The molecule has 116 valence electrons. The third kappa shape index (κ3) is 4.43. The summed E-state index contributed by atoms with van der Waals surface area (Å²) in [5, 5.41) is 5.01. The summed E-state index contributed by atoms with van der Waals surface area (Å²) in [6.07, 6.45) is 1.73. The van der Waals surface area contributed by atoms with Gasteiger partial charge in [0.15, 0.2) is 0 Å². The number of hydrogen-bond donors (Lipinski definition) is 1. The predicted molar refractivity (Wildman–Crippen MR) is 95.7 cm³/mol. The van der Waals surface area contributed by atoms with Gasteiger partial charge in [-0.2, -0.15) is 0 Å². The van der Waals surface area contributed by atoms with Crippen molar-refractivity contribution in [2.45, 2.75) is 17.2 Å². The van der Waals surface area contributed by atoms with Crippen LogP contribution in [0.5, 0.6) is 0 Å². The van der Waals surface area contributed by atoms with Crippen LogP contribution in [0.4, 0.5) is 0 Å². The molecule has 5 heteroatoms. The van der Waals surface area contributed by atoms with Gasteiger partial charge in [0.2, 0.25) is 0 Å². The zero-order valence-electron chi connectivity index (χ0n) is 12.4. The number of hydrogen-bond acceptors (Lipinski definition) is 4. The highest BCUT2D eigenvalue weighted by molar-refractivity contribution is 7.98. The first-order valence-electron chi connectivity index (χ1n) is 7.25. The van der Waals surface area contributed by atoms with E-state index in [-0.39, 0.29) is 5.91 Å². The molecule has 0 atom stereocenters. The lowest BCUT2D eigenvalue weighted by Gasteiger charge is -2.09. The first-order valence-corrected chi connectivity index (χ1v) is 9.12. The molecule has 0 aliphatic rings. The van der Waals surface area contributed by atoms with Crippen LogP contribution < -0.4 is 5.32 Å². The van der Waals surface area contributed by atoms with E-state index < -0.39 is 0 Å². The van der Waals surface area contributed by atoms with Crippen LogP contribution >= 0.6 is 23.1 Å². The third-order valence-electron chi connectivity index (χ3n) is 3.24. The number of rotatable bonds is 6. The molecule has 23 heavy (non-hydrogen) atoms. The molecule has 3 rings (SSSR count). The lowest BCUT2D eigenvalue weighted by atomic mass is 10.2. The number of amides is 1. The quantitative estimate of drug-likeness (QED) is 0.678. The first-order chi connectivity index (χ1) is 11.3. The van der Waals surface area contributed by atoms with E-state index in [1.807, 2.05) is 48.5 Å². The maximum absolute atomic E-state index is 12.5. The molecule has 1 N–H and O–H groups in total. The second-order valence-corrected chi connectivity index (χ2v) is 6.92. The summed E-state index contributed by atoms with van der Waals surface area (Å²) in [5.74, 6) is 0.812. The molecule has 0 unspecified atom stereocenters. The normalized spacial score (nSPS) is 10.4. The second kappa shape index (κ2) is 7.94. The van der Waals surface area contributed by atoms with E-state index in [4.69, 9.17) is 0 Å². The molecule has 2 heterocycles. The van der Waals surface area contributed by atoms with E-state index in [0.29, 0.717) is 12.1 Å². The average molecular weight is 340 g/mol. The Bertz CT molecular complexity index is 758. The van der Waals surface area contributed by atoms with Crippen LogP contribution in [0, 0.1) is 0 Å². The van der Waals surface area contributed by atoms with E-state index >= 15 is 0 Å². The molecule has 0 aliphatic heterocycles. The largest absolute Gasteiger partial charge is 0.346 e. The highest BCUT2D eigenvalue weighted by Gasteiger charge is 2.11.